The summed E-state index contributed by atoms with van der Waals surface area (Å²) in [5, 5.41) is 3.40. The number of carbonyl (C=O) groups is 1. The van der Waals surface area contributed by atoms with Crippen LogP contribution in [0, 0.1) is 5.92 Å². The molecule has 0 saturated heterocycles. The summed E-state index contributed by atoms with van der Waals surface area (Å²) in [4.78, 5) is 15.6. The molecule has 1 aromatic heterocycles. The van der Waals surface area contributed by atoms with Crippen molar-refractivity contribution in [1.82, 2.24) is 4.98 Å². The van der Waals surface area contributed by atoms with Gasteiger partial charge in [-0.2, -0.15) is 0 Å². The summed E-state index contributed by atoms with van der Waals surface area (Å²) in [6.07, 6.45) is 4.97. The Morgan fingerprint density at radius 3 is 2.83 bits per heavy atom. The normalized spacial score (nSPS) is 19.8. The summed E-state index contributed by atoms with van der Waals surface area (Å²) in [6, 6.07) is 4.15. The lowest BCUT2D eigenvalue weighted by atomic mass is 10.00. The number of fused-ring (bicyclic) bond motifs is 1. The summed E-state index contributed by atoms with van der Waals surface area (Å²) in [5.74, 6) is 1.11. The van der Waals surface area contributed by atoms with Crippen molar-refractivity contribution in [3.05, 3.63) is 23.4 Å². The molecule has 1 aliphatic carbocycles. The van der Waals surface area contributed by atoms with E-state index in [9.17, 15) is 4.79 Å². The van der Waals surface area contributed by atoms with Crippen LogP contribution in [-0.4, -0.2) is 16.8 Å². The van der Waals surface area contributed by atoms with Gasteiger partial charge < -0.3 is 10.1 Å². The summed E-state index contributed by atoms with van der Waals surface area (Å²) < 4.78 is 0. The number of hydrogen-bond acceptors (Lipinski definition) is 3. The Hall–Kier alpha value is -1.38. The molecule has 1 aliphatic rings. The average Bonchev–Trinajstić information content (AvgIpc) is 2.48. The van der Waals surface area contributed by atoms with Gasteiger partial charge in [-0.3, -0.25) is 0 Å². The van der Waals surface area contributed by atoms with Crippen molar-refractivity contribution in [3.63, 3.8) is 0 Å². The second-order valence-electron chi connectivity index (χ2n) is 6.17. The van der Waals surface area contributed by atoms with Gasteiger partial charge in [0.05, 0.1) is 0 Å². The first-order valence-electron chi connectivity index (χ1n) is 6.70. The molecule has 1 aromatic rings. The Morgan fingerprint density at radius 1 is 1.39 bits per heavy atom. The number of anilines is 1. The Morgan fingerprint density at radius 2 is 2.17 bits per heavy atom. The largest absolute Gasteiger partial charge is 0.365 e. The Kier molecular flexibility index (Phi) is 3.69. The zero-order valence-corrected chi connectivity index (χ0v) is 11.5. The molecule has 0 aliphatic heterocycles. The maximum absolute atomic E-state index is 10.9. The molecule has 0 aromatic carbocycles. The van der Waals surface area contributed by atoms with E-state index in [0.717, 1.165) is 43.5 Å². The summed E-state index contributed by atoms with van der Waals surface area (Å²) in [5.41, 5.74) is 2.43. The molecule has 1 N–H and O–H groups in total. The number of carbonyl (C=O) groups excluding carboxylic acids is 1. The number of aromatic nitrogens is 1. The molecule has 3 nitrogen and oxygen atoms in total. The fourth-order valence-corrected chi connectivity index (χ4v) is 2.42. The zero-order valence-electron chi connectivity index (χ0n) is 11.5. The van der Waals surface area contributed by atoms with Crippen molar-refractivity contribution in [3.8, 4) is 0 Å². The van der Waals surface area contributed by atoms with E-state index in [4.69, 9.17) is 4.98 Å². The second kappa shape index (κ2) is 5.09. The van der Waals surface area contributed by atoms with Crippen LogP contribution >= 0.6 is 0 Å². The number of aldehydes is 1. The van der Waals surface area contributed by atoms with Gasteiger partial charge in [-0.1, -0.05) is 6.07 Å². The quantitative estimate of drug-likeness (QED) is 0.644. The van der Waals surface area contributed by atoms with Crippen LogP contribution in [0.25, 0.3) is 0 Å². The number of nitrogens with one attached hydrogen (secondary N) is 1. The second-order valence-corrected chi connectivity index (χ2v) is 6.17. The van der Waals surface area contributed by atoms with Crippen LogP contribution in [0.2, 0.25) is 0 Å². The fourth-order valence-electron chi connectivity index (χ4n) is 2.42. The molecule has 0 spiro atoms. The Labute approximate surface area is 109 Å². The molecule has 0 bridgehead atoms. The number of pyridine rings is 1. The third kappa shape index (κ3) is 3.31. The molecule has 2 rings (SSSR count). The van der Waals surface area contributed by atoms with E-state index in [1.165, 1.54) is 5.56 Å². The Balaban J connectivity index is 2.22. The molecule has 0 amide bonds. The molecule has 0 radical (unpaired) electrons. The predicted octanol–water partition coefficient (Wildman–Crippen LogP) is 2.99. The topological polar surface area (TPSA) is 42.0 Å². The maximum atomic E-state index is 10.9. The highest BCUT2D eigenvalue weighted by Gasteiger charge is 2.18. The first-order valence-corrected chi connectivity index (χ1v) is 6.70. The minimum atomic E-state index is 0.0251. The van der Waals surface area contributed by atoms with E-state index in [1.807, 2.05) is 6.07 Å². The lowest BCUT2D eigenvalue weighted by Crippen LogP contribution is -2.26. The van der Waals surface area contributed by atoms with E-state index < -0.39 is 0 Å². The minimum absolute atomic E-state index is 0.0251. The van der Waals surface area contributed by atoms with Crippen molar-refractivity contribution in [2.45, 2.75) is 52.0 Å². The van der Waals surface area contributed by atoms with Gasteiger partial charge in [-0.05, 0) is 58.1 Å². The average molecular weight is 246 g/mol. The predicted molar refractivity (Wildman–Crippen MR) is 73.8 cm³/mol. The third-order valence-electron chi connectivity index (χ3n) is 3.23. The van der Waals surface area contributed by atoms with E-state index in [1.54, 1.807) is 0 Å². The first kappa shape index (κ1) is 13.1. The van der Waals surface area contributed by atoms with Gasteiger partial charge in [-0.25, -0.2) is 4.98 Å². The molecule has 0 saturated carbocycles. The van der Waals surface area contributed by atoms with Crippen LogP contribution in [0.1, 0.15) is 44.9 Å². The minimum Gasteiger partial charge on any atom is -0.365 e. The van der Waals surface area contributed by atoms with Gasteiger partial charge >= 0.3 is 0 Å². The van der Waals surface area contributed by atoms with Gasteiger partial charge in [0.2, 0.25) is 0 Å². The monoisotopic (exact) mass is 246 g/mol. The van der Waals surface area contributed by atoms with Gasteiger partial charge in [-0.15, -0.1) is 0 Å². The van der Waals surface area contributed by atoms with Gasteiger partial charge in [0, 0.05) is 17.2 Å². The molecule has 1 unspecified atom stereocenters. The van der Waals surface area contributed by atoms with Crippen LogP contribution in [0.3, 0.4) is 0 Å². The van der Waals surface area contributed by atoms with Gasteiger partial charge in [0.15, 0.2) is 0 Å². The zero-order chi connectivity index (χ0) is 13.2. The third-order valence-corrected chi connectivity index (χ3v) is 3.23. The van der Waals surface area contributed by atoms with Crippen molar-refractivity contribution < 1.29 is 4.79 Å². The molecule has 0 fully saturated rings. The number of hydrogen-bond donors (Lipinski definition) is 1. The van der Waals surface area contributed by atoms with Crippen LogP contribution in [0.4, 0.5) is 5.82 Å². The van der Waals surface area contributed by atoms with Gasteiger partial charge in [0.1, 0.15) is 12.1 Å². The van der Waals surface area contributed by atoms with E-state index >= 15 is 0 Å². The first-order chi connectivity index (χ1) is 8.48. The fraction of sp³-hybridized carbons (Fsp3) is 0.600. The highest BCUT2D eigenvalue weighted by atomic mass is 16.1. The molecular weight excluding hydrogens is 224 g/mol. The highest BCUT2D eigenvalue weighted by molar-refractivity contribution is 5.55. The van der Waals surface area contributed by atoms with E-state index in [0.29, 0.717) is 0 Å². The van der Waals surface area contributed by atoms with Crippen molar-refractivity contribution >= 4 is 12.1 Å². The smallest absolute Gasteiger partial charge is 0.126 e. The van der Waals surface area contributed by atoms with E-state index in [2.05, 4.69) is 32.2 Å². The van der Waals surface area contributed by atoms with Crippen LogP contribution in [0.15, 0.2) is 12.1 Å². The summed E-state index contributed by atoms with van der Waals surface area (Å²) in [7, 11) is 0. The van der Waals surface area contributed by atoms with Crippen LogP contribution in [-0.2, 0) is 17.6 Å². The summed E-state index contributed by atoms with van der Waals surface area (Å²) >= 11 is 0. The molecule has 98 valence electrons. The van der Waals surface area contributed by atoms with Crippen molar-refractivity contribution in [2.75, 3.05) is 5.32 Å². The number of rotatable bonds is 2. The van der Waals surface area contributed by atoms with Crippen LogP contribution < -0.4 is 5.32 Å². The highest BCUT2D eigenvalue weighted by Crippen LogP contribution is 2.24. The van der Waals surface area contributed by atoms with E-state index in [-0.39, 0.29) is 11.5 Å². The Bertz CT molecular complexity index is 435. The molecule has 18 heavy (non-hydrogen) atoms. The molecule has 1 atom stereocenters. The number of nitrogens with zero attached hydrogens (tertiary/aromatic N) is 1. The van der Waals surface area contributed by atoms with Crippen molar-refractivity contribution in [1.29, 1.82) is 0 Å². The standard InChI is InChI=1S/C15H22N2O/c1-15(2,3)17-14-8-7-12-9-11(10-18)5-4-6-13(12)16-14/h7-8,10-11H,4-6,9H2,1-3H3,(H,16,17). The molecular formula is C15H22N2O. The van der Waals surface area contributed by atoms with Gasteiger partial charge in [0.25, 0.3) is 0 Å². The molecule has 1 heterocycles. The SMILES string of the molecule is CC(C)(C)Nc1ccc2c(n1)CCCC(C=O)C2. The number of aryl methyl sites for hydroxylation is 1. The lowest BCUT2D eigenvalue weighted by molar-refractivity contribution is -0.111. The lowest BCUT2D eigenvalue weighted by Gasteiger charge is -2.22. The molecule has 3 heteroatoms. The van der Waals surface area contributed by atoms with Crippen molar-refractivity contribution in [2.24, 2.45) is 5.92 Å². The maximum Gasteiger partial charge on any atom is 0.126 e. The summed E-state index contributed by atoms with van der Waals surface area (Å²) in [6.45, 7) is 6.38. The van der Waals surface area contributed by atoms with Crippen LogP contribution in [0.5, 0.6) is 0 Å².